The molecule has 2 heterocycles. The minimum Gasteiger partial charge on any atom is -0.490 e. The van der Waals surface area contributed by atoms with E-state index in [2.05, 4.69) is 19.2 Å². The quantitative estimate of drug-likeness (QED) is 0.644. The first-order chi connectivity index (χ1) is 16.0. The molecular formula is C27H34N2O4. The van der Waals surface area contributed by atoms with Crippen molar-refractivity contribution in [3.05, 3.63) is 58.7 Å². The van der Waals surface area contributed by atoms with Gasteiger partial charge in [0.15, 0.2) is 11.5 Å². The third-order valence-corrected chi connectivity index (χ3v) is 6.49. The van der Waals surface area contributed by atoms with E-state index in [-0.39, 0.29) is 17.9 Å². The van der Waals surface area contributed by atoms with Gasteiger partial charge >= 0.3 is 0 Å². The van der Waals surface area contributed by atoms with Crippen molar-refractivity contribution in [3.8, 4) is 11.5 Å². The number of fused-ring (bicyclic) bond motifs is 4. The fourth-order valence-corrected chi connectivity index (χ4v) is 4.95. The van der Waals surface area contributed by atoms with Crippen molar-refractivity contribution < 1.29 is 19.1 Å². The number of hydrogen-bond acceptors (Lipinski definition) is 4. The minimum absolute atomic E-state index is 0.0145. The van der Waals surface area contributed by atoms with Crippen LogP contribution in [0.5, 0.6) is 11.5 Å². The second-order valence-electron chi connectivity index (χ2n) is 9.10. The summed E-state index contributed by atoms with van der Waals surface area (Å²) in [6.45, 7) is 10.4. The van der Waals surface area contributed by atoms with Crippen molar-refractivity contribution >= 4 is 11.8 Å². The van der Waals surface area contributed by atoms with Crippen LogP contribution in [-0.2, 0) is 11.2 Å². The largest absolute Gasteiger partial charge is 0.490 e. The standard InChI is InChI=1S/C27H34N2O4/c1-5-32-22-15-18-12-14-29-25(21(18)16-23(22)33-6-2)24(26(30)28-13-11-17(3)4)19-9-7-8-10-20(19)27(29)31/h7-10,15-17,24-25H,5-6,11-14H2,1-4H3,(H,28,30)/t24-,25+/m0/s1. The fourth-order valence-electron chi connectivity index (χ4n) is 4.95. The van der Waals surface area contributed by atoms with E-state index in [1.165, 1.54) is 0 Å². The van der Waals surface area contributed by atoms with Gasteiger partial charge in [0, 0.05) is 18.7 Å². The maximum Gasteiger partial charge on any atom is 0.254 e. The molecule has 6 nitrogen and oxygen atoms in total. The van der Waals surface area contributed by atoms with Gasteiger partial charge in [0.2, 0.25) is 5.91 Å². The monoisotopic (exact) mass is 450 g/mol. The zero-order valence-corrected chi connectivity index (χ0v) is 20.0. The minimum atomic E-state index is -0.475. The molecule has 0 saturated heterocycles. The molecule has 0 saturated carbocycles. The molecule has 0 unspecified atom stereocenters. The molecule has 0 spiro atoms. The van der Waals surface area contributed by atoms with Crippen LogP contribution in [0.2, 0.25) is 0 Å². The predicted octanol–water partition coefficient (Wildman–Crippen LogP) is 4.48. The Kier molecular flexibility index (Phi) is 6.91. The molecule has 176 valence electrons. The molecule has 4 rings (SSSR count). The Labute approximate surface area is 196 Å². The van der Waals surface area contributed by atoms with Gasteiger partial charge in [0.05, 0.1) is 25.2 Å². The van der Waals surface area contributed by atoms with Gasteiger partial charge in [-0.1, -0.05) is 32.0 Å². The van der Waals surface area contributed by atoms with Crippen LogP contribution in [0.25, 0.3) is 0 Å². The SMILES string of the molecule is CCOc1cc2c(cc1OCC)[C@@H]1[C@@H](C(=O)NCCC(C)C)c3ccccc3C(=O)N1CC2. The van der Waals surface area contributed by atoms with Gasteiger partial charge < -0.3 is 19.7 Å². The summed E-state index contributed by atoms with van der Waals surface area (Å²) in [5, 5.41) is 3.14. The summed E-state index contributed by atoms with van der Waals surface area (Å²) in [4.78, 5) is 28.9. The van der Waals surface area contributed by atoms with Crippen molar-refractivity contribution in [3.63, 3.8) is 0 Å². The number of nitrogens with zero attached hydrogens (tertiary/aromatic N) is 1. The second kappa shape index (κ2) is 9.86. The first kappa shape index (κ1) is 23.1. The van der Waals surface area contributed by atoms with E-state index < -0.39 is 5.92 Å². The number of carbonyl (C=O) groups excluding carboxylic acids is 2. The highest BCUT2D eigenvalue weighted by Crippen LogP contribution is 2.48. The first-order valence-corrected chi connectivity index (χ1v) is 12.1. The second-order valence-corrected chi connectivity index (χ2v) is 9.10. The number of rotatable bonds is 8. The average molecular weight is 451 g/mol. The van der Waals surface area contributed by atoms with Crippen LogP contribution in [0.4, 0.5) is 0 Å². The molecular weight excluding hydrogens is 416 g/mol. The van der Waals surface area contributed by atoms with Crippen LogP contribution in [0, 0.1) is 5.92 Å². The molecule has 0 radical (unpaired) electrons. The Morgan fingerprint density at radius 2 is 1.79 bits per heavy atom. The molecule has 2 aromatic carbocycles. The fraction of sp³-hybridized carbons (Fsp3) is 0.481. The average Bonchev–Trinajstić information content (AvgIpc) is 2.80. The summed E-state index contributed by atoms with van der Waals surface area (Å²) < 4.78 is 11.7. The van der Waals surface area contributed by atoms with Gasteiger partial charge in [0.25, 0.3) is 5.91 Å². The van der Waals surface area contributed by atoms with Crippen LogP contribution >= 0.6 is 0 Å². The van der Waals surface area contributed by atoms with Gasteiger partial charge in [-0.2, -0.15) is 0 Å². The van der Waals surface area contributed by atoms with E-state index in [9.17, 15) is 9.59 Å². The van der Waals surface area contributed by atoms with Crippen LogP contribution < -0.4 is 14.8 Å². The number of ether oxygens (including phenoxy) is 2. The van der Waals surface area contributed by atoms with Gasteiger partial charge in [-0.05, 0) is 67.5 Å². The van der Waals surface area contributed by atoms with E-state index in [0.717, 1.165) is 23.1 Å². The molecule has 0 aliphatic carbocycles. The highest BCUT2D eigenvalue weighted by Gasteiger charge is 2.46. The lowest BCUT2D eigenvalue weighted by molar-refractivity contribution is -0.124. The molecule has 6 heteroatoms. The molecule has 2 aromatic rings. The summed E-state index contributed by atoms with van der Waals surface area (Å²) >= 11 is 0. The van der Waals surface area contributed by atoms with Crippen molar-refractivity contribution in [2.45, 2.75) is 52.5 Å². The van der Waals surface area contributed by atoms with Gasteiger partial charge in [-0.15, -0.1) is 0 Å². The maximum absolute atomic E-state index is 13.6. The summed E-state index contributed by atoms with van der Waals surface area (Å²) in [7, 11) is 0. The smallest absolute Gasteiger partial charge is 0.254 e. The molecule has 0 aromatic heterocycles. The molecule has 0 fully saturated rings. The molecule has 33 heavy (non-hydrogen) atoms. The Bertz CT molecular complexity index is 1030. The lowest BCUT2D eigenvalue weighted by atomic mass is 9.75. The number of carbonyl (C=O) groups is 2. The van der Waals surface area contributed by atoms with Crippen molar-refractivity contribution in [2.24, 2.45) is 5.92 Å². The Morgan fingerprint density at radius 3 is 2.48 bits per heavy atom. The van der Waals surface area contributed by atoms with Crippen LogP contribution in [0.15, 0.2) is 36.4 Å². The summed E-state index contributed by atoms with van der Waals surface area (Å²) in [6.07, 6.45) is 1.63. The van der Waals surface area contributed by atoms with Gasteiger partial charge in [0.1, 0.15) is 0 Å². The van der Waals surface area contributed by atoms with Crippen molar-refractivity contribution in [1.29, 1.82) is 0 Å². The Hall–Kier alpha value is -3.02. The molecule has 2 aliphatic heterocycles. The third-order valence-electron chi connectivity index (χ3n) is 6.49. The third kappa shape index (κ3) is 4.43. The number of nitrogens with one attached hydrogen (secondary N) is 1. The molecule has 2 aliphatic rings. The van der Waals surface area contributed by atoms with Crippen LogP contribution in [-0.4, -0.2) is 43.0 Å². The van der Waals surface area contributed by atoms with E-state index >= 15 is 0 Å². The zero-order chi connectivity index (χ0) is 23.5. The van der Waals surface area contributed by atoms with E-state index in [0.29, 0.717) is 55.7 Å². The maximum atomic E-state index is 13.6. The topological polar surface area (TPSA) is 67.9 Å². The van der Waals surface area contributed by atoms with E-state index in [1.807, 2.05) is 55.1 Å². The lowest BCUT2D eigenvalue weighted by Crippen LogP contribution is -2.50. The highest BCUT2D eigenvalue weighted by molar-refractivity contribution is 6.01. The molecule has 2 amide bonds. The number of amides is 2. The zero-order valence-electron chi connectivity index (χ0n) is 20.0. The molecule has 0 bridgehead atoms. The first-order valence-electron chi connectivity index (χ1n) is 12.1. The summed E-state index contributed by atoms with van der Waals surface area (Å²) in [6, 6.07) is 11.2. The number of benzene rings is 2. The van der Waals surface area contributed by atoms with Gasteiger partial charge in [-0.25, -0.2) is 0 Å². The predicted molar refractivity (Wildman–Crippen MR) is 128 cm³/mol. The lowest BCUT2D eigenvalue weighted by Gasteiger charge is -2.45. The Balaban J connectivity index is 1.81. The molecule has 2 atom stereocenters. The Morgan fingerprint density at radius 1 is 1.09 bits per heavy atom. The van der Waals surface area contributed by atoms with Gasteiger partial charge in [-0.3, -0.25) is 9.59 Å². The van der Waals surface area contributed by atoms with Crippen LogP contribution in [0.3, 0.4) is 0 Å². The number of hydrogen-bond donors (Lipinski definition) is 1. The van der Waals surface area contributed by atoms with Crippen molar-refractivity contribution in [2.75, 3.05) is 26.3 Å². The molecule has 1 N–H and O–H groups in total. The van der Waals surface area contributed by atoms with E-state index in [4.69, 9.17) is 9.47 Å². The normalized spacial score (nSPS) is 18.9. The van der Waals surface area contributed by atoms with E-state index in [1.54, 1.807) is 0 Å². The van der Waals surface area contributed by atoms with Crippen LogP contribution in [0.1, 0.15) is 73.1 Å². The van der Waals surface area contributed by atoms with Crippen molar-refractivity contribution in [1.82, 2.24) is 10.2 Å². The highest BCUT2D eigenvalue weighted by atomic mass is 16.5. The summed E-state index contributed by atoms with van der Waals surface area (Å²) in [5.74, 6) is 1.35. The summed E-state index contributed by atoms with van der Waals surface area (Å²) in [5.41, 5.74) is 3.50.